The number of halogens is 2. The van der Waals surface area contributed by atoms with Crippen LogP contribution in [0.15, 0.2) is 12.4 Å². The first-order valence-corrected chi connectivity index (χ1v) is 16.8. The van der Waals surface area contributed by atoms with Gasteiger partial charge in [-0.05, 0) is 35.8 Å². The SMILES string of the molecule is CC.CC1C[C@@H](CC2CCC2)N(c2ncc3c4c(c(-c5ncc(F)c6sc(N)c(C#N)c56)c(F)c3n2)COC4)C1.CCCC. The van der Waals surface area contributed by atoms with Crippen LogP contribution in [0.2, 0.25) is 0 Å². The van der Waals surface area contributed by atoms with Crippen LogP contribution in [-0.2, 0) is 18.0 Å². The molecular formula is C34H42F2N6OS. The molecule has 2 N–H and O–H groups in total. The van der Waals surface area contributed by atoms with E-state index in [1.165, 1.54) is 32.1 Å². The molecule has 7 rings (SSSR count). The van der Waals surface area contributed by atoms with Crippen LogP contribution >= 0.6 is 11.3 Å². The molecule has 0 bridgehead atoms. The molecule has 2 atom stereocenters. The highest BCUT2D eigenvalue weighted by Gasteiger charge is 2.35. The van der Waals surface area contributed by atoms with Gasteiger partial charge in [0.15, 0.2) is 11.6 Å². The van der Waals surface area contributed by atoms with Gasteiger partial charge in [0.25, 0.3) is 0 Å². The van der Waals surface area contributed by atoms with E-state index in [0.29, 0.717) is 28.9 Å². The van der Waals surface area contributed by atoms with Gasteiger partial charge in [0.05, 0.1) is 35.4 Å². The molecule has 10 heteroatoms. The van der Waals surface area contributed by atoms with Crippen LogP contribution < -0.4 is 10.6 Å². The molecule has 1 saturated carbocycles. The van der Waals surface area contributed by atoms with E-state index < -0.39 is 11.6 Å². The van der Waals surface area contributed by atoms with Crippen molar-refractivity contribution in [2.75, 3.05) is 17.2 Å². The molecule has 5 heterocycles. The molecule has 0 radical (unpaired) electrons. The smallest absolute Gasteiger partial charge is 0.226 e. The number of nitrogen functional groups attached to an aromatic ring is 1. The van der Waals surface area contributed by atoms with Crippen molar-refractivity contribution in [1.82, 2.24) is 15.0 Å². The second-order valence-corrected chi connectivity index (χ2v) is 12.9. The minimum Gasteiger partial charge on any atom is -0.389 e. The highest BCUT2D eigenvalue weighted by atomic mass is 32.1. The Kier molecular flexibility index (Phi) is 9.96. The Morgan fingerprint density at radius 2 is 1.84 bits per heavy atom. The van der Waals surface area contributed by atoms with E-state index in [1.54, 1.807) is 6.20 Å². The predicted molar refractivity (Wildman–Crippen MR) is 174 cm³/mol. The molecule has 1 unspecified atom stereocenters. The fourth-order valence-corrected chi connectivity index (χ4v) is 7.33. The molecule has 7 nitrogen and oxygen atoms in total. The normalized spacial score (nSPS) is 19.2. The van der Waals surface area contributed by atoms with Gasteiger partial charge in [-0.1, -0.05) is 66.7 Å². The van der Waals surface area contributed by atoms with E-state index in [1.807, 2.05) is 13.8 Å². The fraction of sp³-hybridized carbons (Fsp3) is 0.529. The molecule has 234 valence electrons. The number of pyridine rings is 1. The highest BCUT2D eigenvalue weighted by Crippen LogP contribution is 2.45. The number of thiophene rings is 1. The number of ether oxygens (including phenoxy) is 1. The van der Waals surface area contributed by atoms with Crippen molar-refractivity contribution >= 4 is 43.3 Å². The maximum Gasteiger partial charge on any atom is 0.226 e. The number of nitrogens with zero attached hydrogens (tertiary/aromatic N) is 5. The lowest BCUT2D eigenvalue weighted by molar-refractivity contribution is 0.135. The van der Waals surface area contributed by atoms with Gasteiger partial charge in [-0.3, -0.25) is 4.98 Å². The fourth-order valence-electron chi connectivity index (χ4n) is 6.41. The summed E-state index contributed by atoms with van der Waals surface area (Å²) in [6.45, 7) is 11.9. The zero-order valence-corrected chi connectivity index (χ0v) is 27.2. The van der Waals surface area contributed by atoms with Crippen LogP contribution in [-0.4, -0.2) is 27.5 Å². The standard InChI is InChI=1S/C28H26F2N6OS.C4H10.C2H6/c1-13-5-15(6-14-3-2-4-14)36(10-13)28-34-8-17-18-11-37-12-19(18)21(23(30)24(17)35-28)25-22-16(7-31)27(32)38-26(22)20(29)9-33-25;1-3-4-2;1-2/h8-9,13-15H,2-6,10-12,32H2,1H3;3-4H2,1-2H3;1-2H3/t13?,15-;;/m0../s1. The van der Waals surface area contributed by atoms with Gasteiger partial charge in [0, 0.05) is 35.1 Å². The highest BCUT2D eigenvalue weighted by molar-refractivity contribution is 7.23. The number of benzene rings is 1. The van der Waals surface area contributed by atoms with E-state index in [4.69, 9.17) is 20.4 Å². The minimum absolute atomic E-state index is 0.104. The summed E-state index contributed by atoms with van der Waals surface area (Å²) < 4.78 is 37.2. The maximum absolute atomic E-state index is 16.6. The van der Waals surface area contributed by atoms with Crippen LogP contribution in [0.3, 0.4) is 0 Å². The molecule has 2 fully saturated rings. The van der Waals surface area contributed by atoms with Crippen molar-refractivity contribution in [1.29, 1.82) is 5.26 Å². The number of hydrogen-bond acceptors (Lipinski definition) is 8. The molecule has 1 saturated heterocycles. The van der Waals surface area contributed by atoms with Gasteiger partial charge >= 0.3 is 0 Å². The Morgan fingerprint density at radius 3 is 2.50 bits per heavy atom. The summed E-state index contributed by atoms with van der Waals surface area (Å²) in [6, 6.07) is 2.40. The Hall–Kier alpha value is -3.42. The summed E-state index contributed by atoms with van der Waals surface area (Å²) in [6.07, 6.45) is 11.5. The van der Waals surface area contributed by atoms with Gasteiger partial charge in [0.2, 0.25) is 5.95 Å². The summed E-state index contributed by atoms with van der Waals surface area (Å²) in [5.41, 5.74) is 8.13. The number of anilines is 2. The van der Waals surface area contributed by atoms with E-state index >= 15 is 4.39 Å². The summed E-state index contributed by atoms with van der Waals surface area (Å²) in [7, 11) is 0. The molecule has 44 heavy (non-hydrogen) atoms. The largest absolute Gasteiger partial charge is 0.389 e. The zero-order chi connectivity index (χ0) is 31.5. The lowest BCUT2D eigenvalue weighted by atomic mass is 9.80. The minimum atomic E-state index is -0.596. The average Bonchev–Trinajstić information content (AvgIpc) is 3.74. The third kappa shape index (κ3) is 5.72. The molecule has 2 aliphatic heterocycles. The molecule has 0 spiro atoms. The van der Waals surface area contributed by atoms with Crippen LogP contribution in [0, 0.1) is 34.8 Å². The number of unbranched alkanes of at least 4 members (excludes halogenated alkanes) is 1. The number of aromatic nitrogens is 3. The lowest BCUT2D eigenvalue weighted by Crippen LogP contribution is -2.34. The van der Waals surface area contributed by atoms with Crippen molar-refractivity contribution in [3.05, 3.63) is 40.7 Å². The Morgan fingerprint density at radius 1 is 1.11 bits per heavy atom. The summed E-state index contributed by atoms with van der Waals surface area (Å²) in [5.74, 6) is 0.630. The summed E-state index contributed by atoms with van der Waals surface area (Å²) in [5, 5.41) is 10.8. The van der Waals surface area contributed by atoms with E-state index in [-0.39, 0.29) is 50.6 Å². The Labute approximate surface area is 262 Å². The van der Waals surface area contributed by atoms with E-state index in [0.717, 1.165) is 48.4 Å². The van der Waals surface area contributed by atoms with Crippen molar-refractivity contribution < 1.29 is 13.5 Å². The third-order valence-electron chi connectivity index (χ3n) is 8.94. The van der Waals surface area contributed by atoms with Crippen molar-refractivity contribution in [3.63, 3.8) is 0 Å². The second kappa shape index (κ2) is 13.7. The molecular weight excluding hydrogens is 578 g/mol. The molecule has 1 aromatic carbocycles. The first-order chi connectivity index (χ1) is 21.4. The lowest BCUT2D eigenvalue weighted by Gasteiger charge is -2.32. The molecule has 3 aromatic heterocycles. The first-order valence-electron chi connectivity index (χ1n) is 16.0. The van der Waals surface area contributed by atoms with Crippen molar-refractivity contribution in [2.45, 2.75) is 98.8 Å². The van der Waals surface area contributed by atoms with Gasteiger partial charge in [-0.25, -0.2) is 18.7 Å². The van der Waals surface area contributed by atoms with E-state index in [9.17, 15) is 9.65 Å². The Bertz CT molecular complexity index is 1690. The van der Waals surface area contributed by atoms with Crippen LogP contribution in [0.1, 0.15) is 96.3 Å². The molecule has 4 aromatic rings. The summed E-state index contributed by atoms with van der Waals surface area (Å²) >= 11 is 0.967. The van der Waals surface area contributed by atoms with Crippen molar-refractivity contribution in [2.24, 2.45) is 11.8 Å². The quantitative estimate of drug-likeness (QED) is 0.238. The van der Waals surface area contributed by atoms with Crippen LogP contribution in [0.25, 0.3) is 32.2 Å². The third-order valence-corrected chi connectivity index (χ3v) is 9.97. The molecule has 0 amide bonds. The number of nitriles is 1. The van der Waals surface area contributed by atoms with Gasteiger partial charge < -0.3 is 15.4 Å². The van der Waals surface area contributed by atoms with E-state index in [2.05, 4.69) is 36.7 Å². The topological polar surface area (TPSA) is 101 Å². The number of hydrogen-bond donors (Lipinski definition) is 1. The molecule has 3 aliphatic rings. The summed E-state index contributed by atoms with van der Waals surface area (Å²) in [4.78, 5) is 16.0. The predicted octanol–water partition coefficient (Wildman–Crippen LogP) is 8.91. The first kappa shape index (κ1) is 32.0. The van der Waals surface area contributed by atoms with Gasteiger partial charge in [-0.2, -0.15) is 5.26 Å². The second-order valence-electron chi connectivity index (χ2n) is 11.9. The molecule has 1 aliphatic carbocycles. The number of rotatable bonds is 5. The van der Waals surface area contributed by atoms with Crippen molar-refractivity contribution in [3.8, 4) is 17.3 Å². The Balaban J connectivity index is 0.000000595. The number of fused-ring (bicyclic) bond motifs is 4. The van der Waals surface area contributed by atoms with Crippen LogP contribution in [0.4, 0.5) is 19.7 Å². The van der Waals surface area contributed by atoms with Gasteiger partial charge in [-0.15, -0.1) is 11.3 Å². The zero-order valence-electron chi connectivity index (χ0n) is 26.3. The van der Waals surface area contributed by atoms with Gasteiger partial charge in [0.1, 0.15) is 16.6 Å². The monoisotopic (exact) mass is 620 g/mol. The average molecular weight is 621 g/mol. The number of nitrogens with two attached hydrogens (primary N) is 1. The maximum atomic E-state index is 16.6. The van der Waals surface area contributed by atoms with Crippen LogP contribution in [0.5, 0.6) is 0 Å².